The van der Waals surface area contributed by atoms with E-state index in [1.54, 1.807) is 0 Å². The molecule has 0 aliphatic carbocycles. The van der Waals surface area contributed by atoms with Gasteiger partial charge in [0.15, 0.2) is 0 Å². The lowest BCUT2D eigenvalue weighted by Crippen LogP contribution is -2.04. The molecule has 2 aromatic rings. The molecule has 110 valence electrons. The van der Waals surface area contributed by atoms with Gasteiger partial charge in [-0.25, -0.2) is 4.79 Å². The minimum absolute atomic E-state index is 0.00899. The summed E-state index contributed by atoms with van der Waals surface area (Å²) in [7, 11) is 0. The Morgan fingerprint density at radius 1 is 1.05 bits per heavy atom. The Hall–Kier alpha value is -2.34. The molecule has 0 atom stereocenters. The van der Waals surface area contributed by atoms with Crippen LogP contribution in [-0.4, -0.2) is 16.2 Å². The van der Waals surface area contributed by atoms with Gasteiger partial charge in [-0.15, -0.1) is 0 Å². The van der Waals surface area contributed by atoms with Crippen molar-refractivity contribution in [2.24, 2.45) is 0 Å². The number of aliphatic hydroxyl groups is 1. The van der Waals surface area contributed by atoms with Crippen LogP contribution in [0.5, 0.6) is 0 Å². The van der Waals surface area contributed by atoms with Gasteiger partial charge < -0.3 is 10.2 Å². The number of carboxylic acid groups (broad SMARTS) is 1. The van der Waals surface area contributed by atoms with Gasteiger partial charge in [0.1, 0.15) is 0 Å². The van der Waals surface area contributed by atoms with Crippen LogP contribution in [0.15, 0.2) is 42.5 Å². The first-order valence-electron chi connectivity index (χ1n) is 5.97. The van der Waals surface area contributed by atoms with E-state index in [9.17, 15) is 23.1 Å². The van der Waals surface area contributed by atoms with E-state index >= 15 is 0 Å². The SMILES string of the molecule is O=C(O)c1ccc(-c2ccc(C(F)(F)F)cc2)c(CO)c1. The average molecular weight is 296 g/mol. The Morgan fingerprint density at radius 3 is 2.14 bits per heavy atom. The second-order valence-electron chi connectivity index (χ2n) is 4.41. The van der Waals surface area contributed by atoms with Crippen LogP contribution in [0.3, 0.4) is 0 Å². The lowest BCUT2D eigenvalue weighted by Gasteiger charge is -2.11. The minimum Gasteiger partial charge on any atom is -0.478 e. The van der Waals surface area contributed by atoms with Crippen molar-refractivity contribution in [3.63, 3.8) is 0 Å². The molecule has 0 saturated carbocycles. The van der Waals surface area contributed by atoms with E-state index in [1.165, 1.54) is 30.3 Å². The van der Waals surface area contributed by atoms with Crippen molar-refractivity contribution in [3.05, 3.63) is 59.2 Å². The molecule has 21 heavy (non-hydrogen) atoms. The number of benzene rings is 2. The van der Waals surface area contributed by atoms with Crippen molar-refractivity contribution in [3.8, 4) is 11.1 Å². The molecule has 3 nitrogen and oxygen atoms in total. The summed E-state index contributed by atoms with van der Waals surface area (Å²) in [4.78, 5) is 10.9. The van der Waals surface area contributed by atoms with E-state index in [2.05, 4.69) is 0 Å². The second kappa shape index (κ2) is 5.57. The predicted molar refractivity (Wildman–Crippen MR) is 69.8 cm³/mol. The maximum absolute atomic E-state index is 12.5. The number of alkyl halides is 3. The average Bonchev–Trinajstić information content (AvgIpc) is 2.45. The van der Waals surface area contributed by atoms with Crippen LogP contribution in [0.25, 0.3) is 11.1 Å². The maximum Gasteiger partial charge on any atom is 0.416 e. The number of hydrogen-bond donors (Lipinski definition) is 2. The Bertz CT molecular complexity index is 661. The summed E-state index contributed by atoms with van der Waals surface area (Å²) in [6.07, 6.45) is -4.41. The summed E-state index contributed by atoms with van der Waals surface area (Å²) >= 11 is 0. The molecule has 0 heterocycles. The van der Waals surface area contributed by atoms with E-state index in [4.69, 9.17) is 5.11 Å². The van der Waals surface area contributed by atoms with E-state index in [1.807, 2.05) is 0 Å². The van der Waals surface area contributed by atoms with Gasteiger partial charge in [-0.1, -0.05) is 18.2 Å². The number of aliphatic hydroxyl groups excluding tert-OH is 1. The monoisotopic (exact) mass is 296 g/mol. The highest BCUT2D eigenvalue weighted by Crippen LogP contribution is 2.32. The topological polar surface area (TPSA) is 57.5 Å². The second-order valence-corrected chi connectivity index (χ2v) is 4.41. The number of rotatable bonds is 3. The number of aromatic carboxylic acids is 1. The summed E-state index contributed by atoms with van der Waals surface area (Å²) in [6.45, 7) is -0.405. The maximum atomic E-state index is 12.5. The summed E-state index contributed by atoms with van der Waals surface area (Å²) < 4.78 is 37.5. The van der Waals surface area contributed by atoms with Crippen LogP contribution in [0, 0.1) is 0 Å². The predicted octanol–water partition coefficient (Wildman–Crippen LogP) is 3.56. The van der Waals surface area contributed by atoms with Gasteiger partial charge in [0.05, 0.1) is 17.7 Å². The highest BCUT2D eigenvalue weighted by atomic mass is 19.4. The van der Waals surface area contributed by atoms with Crippen molar-refractivity contribution >= 4 is 5.97 Å². The normalized spacial score (nSPS) is 11.4. The van der Waals surface area contributed by atoms with Crippen LogP contribution in [0.4, 0.5) is 13.2 Å². The quantitative estimate of drug-likeness (QED) is 0.910. The third-order valence-corrected chi connectivity index (χ3v) is 3.05. The lowest BCUT2D eigenvalue weighted by molar-refractivity contribution is -0.137. The van der Waals surface area contributed by atoms with Gasteiger partial charge >= 0.3 is 12.1 Å². The Morgan fingerprint density at radius 2 is 1.67 bits per heavy atom. The smallest absolute Gasteiger partial charge is 0.416 e. The molecule has 0 bridgehead atoms. The van der Waals surface area contributed by atoms with Crippen LogP contribution in [-0.2, 0) is 12.8 Å². The Kier molecular flexibility index (Phi) is 3.99. The highest BCUT2D eigenvalue weighted by molar-refractivity contribution is 5.89. The molecule has 0 aliphatic heterocycles. The zero-order chi connectivity index (χ0) is 15.6. The molecular formula is C15H11F3O3. The first-order valence-corrected chi connectivity index (χ1v) is 5.97. The molecule has 0 unspecified atom stereocenters. The molecule has 0 radical (unpaired) electrons. The zero-order valence-electron chi connectivity index (χ0n) is 10.7. The molecule has 2 rings (SSSR count). The summed E-state index contributed by atoms with van der Waals surface area (Å²) in [5.74, 6) is -1.14. The molecule has 2 N–H and O–H groups in total. The number of halogens is 3. The minimum atomic E-state index is -4.41. The first kappa shape index (κ1) is 15.1. The molecular weight excluding hydrogens is 285 g/mol. The molecule has 0 spiro atoms. The highest BCUT2D eigenvalue weighted by Gasteiger charge is 2.30. The van der Waals surface area contributed by atoms with Crippen molar-refractivity contribution in [1.82, 2.24) is 0 Å². The molecule has 0 saturated heterocycles. The van der Waals surface area contributed by atoms with Crippen molar-refractivity contribution in [1.29, 1.82) is 0 Å². The van der Waals surface area contributed by atoms with Crippen LogP contribution < -0.4 is 0 Å². The van der Waals surface area contributed by atoms with Gasteiger partial charge in [-0.2, -0.15) is 13.2 Å². The van der Waals surface area contributed by atoms with Crippen LogP contribution >= 0.6 is 0 Å². The zero-order valence-corrected chi connectivity index (χ0v) is 10.7. The third-order valence-electron chi connectivity index (χ3n) is 3.05. The molecule has 0 aliphatic rings. The van der Waals surface area contributed by atoms with E-state index in [-0.39, 0.29) is 5.56 Å². The fraction of sp³-hybridized carbons (Fsp3) is 0.133. The molecule has 2 aromatic carbocycles. The molecule has 0 amide bonds. The number of carbonyl (C=O) groups is 1. The van der Waals surface area contributed by atoms with Gasteiger partial charge in [0, 0.05) is 0 Å². The largest absolute Gasteiger partial charge is 0.478 e. The number of carboxylic acids is 1. The van der Waals surface area contributed by atoms with Gasteiger partial charge in [-0.3, -0.25) is 0 Å². The Balaban J connectivity index is 2.44. The first-order chi connectivity index (χ1) is 9.82. The van der Waals surface area contributed by atoms with Gasteiger partial charge in [-0.05, 0) is 41.0 Å². The lowest BCUT2D eigenvalue weighted by atomic mass is 9.97. The van der Waals surface area contributed by atoms with Crippen molar-refractivity contribution in [2.45, 2.75) is 12.8 Å². The molecule has 6 heteroatoms. The van der Waals surface area contributed by atoms with Gasteiger partial charge in [0.2, 0.25) is 0 Å². The molecule has 0 fully saturated rings. The van der Waals surface area contributed by atoms with E-state index in [0.29, 0.717) is 16.7 Å². The van der Waals surface area contributed by atoms with E-state index < -0.39 is 24.3 Å². The van der Waals surface area contributed by atoms with Crippen molar-refractivity contribution < 1.29 is 28.2 Å². The Labute approximate surface area is 118 Å². The molecule has 0 aromatic heterocycles. The summed E-state index contributed by atoms with van der Waals surface area (Å²) in [6, 6.07) is 8.58. The van der Waals surface area contributed by atoms with Crippen molar-refractivity contribution in [2.75, 3.05) is 0 Å². The standard InChI is InChI=1S/C15H11F3O3/c16-15(17,18)12-4-1-9(2-5-12)13-6-3-10(14(20)21)7-11(13)8-19/h1-7,19H,8H2,(H,20,21). The third kappa shape index (κ3) is 3.22. The summed E-state index contributed by atoms with van der Waals surface area (Å²) in [5.41, 5.74) is 0.559. The van der Waals surface area contributed by atoms with Crippen LogP contribution in [0.2, 0.25) is 0 Å². The fourth-order valence-electron chi connectivity index (χ4n) is 1.98. The van der Waals surface area contributed by atoms with E-state index in [0.717, 1.165) is 12.1 Å². The van der Waals surface area contributed by atoms with Crippen LogP contribution in [0.1, 0.15) is 21.5 Å². The fourth-order valence-corrected chi connectivity index (χ4v) is 1.98. The number of hydrogen-bond acceptors (Lipinski definition) is 2. The summed E-state index contributed by atoms with van der Waals surface area (Å²) in [5, 5.41) is 18.2. The van der Waals surface area contributed by atoms with Gasteiger partial charge in [0.25, 0.3) is 0 Å².